The molecule has 0 atom stereocenters. The van der Waals surface area contributed by atoms with E-state index in [1.54, 1.807) is 19.1 Å². The molecule has 0 aliphatic carbocycles. The molecule has 0 saturated heterocycles. The molecule has 0 aromatic heterocycles. The van der Waals surface area contributed by atoms with Crippen LogP contribution in [0.3, 0.4) is 0 Å². The zero-order valence-corrected chi connectivity index (χ0v) is 22.0. The molecule has 0 aliphatic rings. The van der Waals surface area contributed by atoms with Gasteiger partial charge in [-0.2, -0.15) is 0 Å². The lowest BCUT2D eigenvalue weighted by atomic mass is 9.75. The highest BCUT2D eigenvalue weighted by atomic mass is 19.1. The number of benzene rings is 2. The number of nitrogens with zero attached hydrogens (tertiary/aromatic N) is 1. The van der Waals surface area contributed by atoms with Crippen LogP contribution in [0.4, 0.5) is 4.39 Å². The van der Waals surface area contributed by atoms with Gasteiger partial charge in [0.05, 0.1) is 12.2 Å². The Bertz CT molecular complexity index is 1000. The molecule has 0 radical (unpaired) electrons. The van der Waals surface area contributed by atoms with Gasteiger partial charge in [-0.05, 0) is 49.9 Å². The fourth-order valence-electron chi connectivity index (χ4n) is 3.50. The first-order valence-corrected chi connectivity index (χ1v) is 11.8. The van der Waals surface area contributed by atoms with Crippen LogP contribution in [0.2, 0.25) is 0 Å². The Balaban J connectivity index is 0.00000298. The second-order valence-electron chi connectivity index (χ2n) is 9.28. The summed E-state index contributed by atoms with van der Waals surface area (Å²) in [6.07, 6.45) is 0. The van der Waals surface area contributed by atoms with Crippen molar-refractivity contribution < 1.29 is 28.8 Å². The van der Waals surface area contributed by atoms with Crippen LogP contribution in [0.1, 0.15) is 78.9 Å². The summed E-state index contributed by atoms with van der Waals surface area (Å²) in [6, 6.07) is 8.02. The first-order chi connectivity index (χ1) is 16.3. The minimum Gasteiger partial charge on any atom is -0.423 e. The highest BCUT2D eigenvalue weighted by Crippen LogP contribution is 2.18. The minimum atomic E-state index is -2.13. The van der Waals surface area contributed by atoms with Crippen LogP contribution < -0.4 is 10.9 Å². The zero-order chi connectivity index (χ0) is 26.9. The maximum Gasteiger partial charge on any atom is 0.491 e. The number of carbonyl (C=O) groups excluding carboxylic acids is 2. The van der Waals surface area contributed by atoms with Crippen molar-refractivity contribution in [2.75, 3.05) is 13.2 Å². The number of rotatable bonds is 7. The first kappa shape index (κ1) is 30.3. The molecule has 0 aliphatic heterocycles. The molecule has 0 heterocycles. The highest BCUT2D eigenvalue weighted by Gasteiger charge is 2.29. The Morgan fingerprint density at radius 1 is 1.09 bits per heavy atom. The van der Waals surface area contributed by atoms with Crippen LogP contribution in [0.5, 0.6) is 0 Å². The number of nitrogens with one attached hydrogen (secondary N) is 1. The summed E-state index contributed by atoms with van der Waals surface area (Å²) in [5.41, 5.74) is 3.72. The summed E-state index contributed by atoms with van der Waals surface area (Å²) in [6.45, 7) is 15.7. The van der Waals surface area contributed by atoms with Crippen molar-refractivity contribution in [3.63, 3.8) is 0 Å². The quantitative estimate of drug-likeness (QED) is 0.409. The van der Waals surface area contributed by atoms with Crippen LogP contribution >= 0.6 is 0 Å². The lowest BCUT2D eigenvalue weighted by molar-refractivity contribution is 0.0507. The lowest BCUT2D eigenvalue weighted by Gasteiger charge is -2.30. The summed E-state index contributed by atoms with van der Waals surface area (Å²) in [4.78, 5) is 26.2. The molecule has 0 saturated carbocycles. The first-order valence-electron chi connectivity index (χ1n) is 11.8. The van der Waals surface area contributed by atoms with Gasteiger partial charge in [0.1, 0.15) is 5.82 Å². The third-order valence-electron chi connectivity index (χ3n) is 4.82. The Kier molecular flexibility index (Phi) is 11.6. The molecule has 0 unspecified atom stereocenters. The fourth-order valence-corrected chi connectivity index (χ4v) is 3.50. The molecule has 7 nitrogen and oxygen atoms in total. The van der Waals surface area contributed by atoms with E-state index in [1.165, 1.54) is 17.1 Å². The molecule has 35 heavy (non-hydrogen) atoms. The average Bonchev–Trinajstić information content (AvgIpc) is 2.76. The number of hydrogen-bond donors (Lipinski definition) is 3. The molecule has 2 rings (SSSR count). The summed E-state index contributed by atoms with van der Waals surface area (Å²) < 4.78 is 20.4. The third-order valence-corrected chi connectivity index (χ3v) is 4.82. The van der Waals surface area contributed by atoms with Gasteiger partial charge < -0.3 is 14.8 Å². The molecule has 3 N–H and O–H groups in total. The van der Waals surface area contributed by atoms with Gasteiger partial charge in [0.2, 0.25) is 0 Å². The van der Waals surface area contributed by atoms with E-state index in [1.807, 2.05) is 54.5 Å². The van der Waals surface area contributed by atoms with Crippen molar-refractivity contribution in [3.8, 4) is 0 Å². The van der Waals surface area contributed by atoms with Crippen molar-refractivity contribution >= 4 is 24.4 Å². The second kappa shape index (κ2) is 13.4. The summed E-state index contributed by atoms with van der Waals surface area (Å²) in [5, 5.41) is 20.5. The number of aryl methyl sites for hydroxylation is 2. The maximum absolute atomic E-state index is 15.1. The summed E-state index contributed by atoms with van der Waals surface area (Å²) >= 11 is 0. The Morgan fingerprint density at radius 2 is 1.66 bits per heavy atom. The van der Waals surface area contributed by atoms with E-state index in [2.05, 4.69) is 5.43 Å². The number of ether oxygens (including phenoxy) is 1. The average molecular weight is 488 g/mol. The molecule has 2 aromatic rings. The van der Waals surface area contributed by atoms with Crippen LogP contribution in [-0.2, 0) is 11.3 Å². The van der Waals surface area contributed by atoms with E-state index >= 15 is 4.39 Å². The molecule has 2 amide bonds. The predicted molar refractivity (Wildman–Crippen MR) is 137 cm³/mol. The van der Waals surface area contributed by atoms with Gasteiger partial charge in [-0.3, -0.25) is 15.0 Å². The molecule has 9 heteroatoms. The van der Waals surface area contributed by atoms with Gasteiger partial charge in [0.25, 0.3) is 11.8 Å². The van der Waals surface area contributed by atoms with E-state index in [4.69, 9.17) is 4.74 Å². The van der Waals surface area contributed by atoms with Crippen molar-refractivity contribution in [2.45, 2.75) is 62.0 Å². The number of carbonyl (C=O) groups is 2. The van der Waals surface area contributed by atoms with Gasteiger partial charge in [-0.25, -0.2) is 9.40 Å². The van der Waals surface area contributed by atoms with Gasteiger partial charge in [-0.15, -0.1) is 0 Å². The van der Waals surface area contributed by atoms with Crippen LogP contribution in [0.15, 0.2) is 30.3 Å². The van der Waals surface area contributed by atoms with Crippen molar-refractivity contribution in [2.24, 2.45) is 5.41 Å². The summed E-state index contributed by atoms with van der Waals surface area (Å²) in [7, 11) is -2.13. The van der Waals surface area contributed by atoms with Crippen LogP contribution in [0.25, 0.3) is 0 Å². The summed E-state index contributed by atoms with van der Waals surface area (Å²) in [5.74, 6) is -2.38. The second-order valence-corrected chi connectivity index (χ2v) is 9.28. The standard InChI is InChI=1S/C24H32BFN2O5.C2H6/c1-7-33-13-17-8-9-19(21(26)20(17)25(31)32)22(29)27-28(14-24(4,5)6)23(30)18-11-15(2)10-16(3)12-18;1-2/h8-12,31-32H,7,13-14H2,1-6H3,(H,27,29);1-2H3. The van der Waals surface area contributed by atoms with Gasteiger partial charge >= 0.3 is 7.12 Å². The number of amides is 2. The van der Waals surface area contributed by atoms with E-state index in [0.29, 0.717) is 12.2 Å². The minimum absolute atomic E-state index is 0.0381. The number of hydrazine groups is 1. The van der Waals surface area contributed by atoms with E-state index in [0.717, 1.165) is 11.1 Å². The monoisotopic (exact) mass is 488 g/mol. The van der Waals surface area contributed by atoms with Gasteiger partial charge in [0, 0.05) is 24.2 Å². The zero-order valence-electron chi connectivity index (χ0n) is 22.0. The van der Waals surface area contributed by atoms with Crippen LogP contribution in [-0.4, -0.2) is 47.1 Å². The molecular formula is C26H38BFN2O5. The molecule has 2 aromatic carbocycles. The predicted octanol–water partition coefficient (Wildman–Crippen LogP) is 3.52. The molecule has 0 bridgehead atoms. The molecule has 0 fully saturated rings. The van der Waals surface area contributed by atoms with E-state index in [9.17, 15) is 19.6 Å². The largest absolute Gasteiger partial charge is 0.491 e. The lowest BCUT2D eigenvalue weighted by Crippen LogP contribution is -2.50. The Labute approximate surface area is 208 Å². The van der Waals surface area contributed by atoms with Crippen molar-refractivity contribution in [1.82, 2.24) is 10.4 Å². The van der Waals surface area contributed by atoms with E-state index in [-0.39, 0.29) is 24.1 Å². The Morgan fingerprint density at radius 3 is 2.14 bits per heavy atom. The van der Waals surface area contributed by atoms with E-state index < -0.39 is 35.8 Å². The highest BCUT2D eigenvalue weighted by molar-refractivity contribution is 6.59. The number of hydrogen-bond acceptors (Lipinski definition) is 5. The van der Waals surface area contributed by atoms with Gasteiger partial charge in [0.15, 0.2) is 0 Å². The third kappa shape index (κ3) is 8.76. The van der Waals surface area contributed by atoms with Crippen molar-refractivity contribution in [3.05, 3.63) is 64.0 Å². The molecule has 192 valence electrons. The SMILES string of the molecule is CC.CCOCc1ccc(C(=O)NN(CC(C)(C)C)C(=O)c2cc(C)cc(C)c2)c(F)c1B(O)O. The topological polar surface area (TPSA) is 99.1 Å². The molecular weight excluding hydrogens is 450 g/mol. The van der Waals surface area contributed by atoms with Crippen molar-refractivity contribution in [1.29, 1.82) is 0 Å². The smallest absolute Gasteiger partial charge is 0.423 e. The number of halogens is 1. The maximum atomic E-state index is 15.1. The van der Waals surface area contributed by atoms with Crippen LogP contribution in [0, 0.1) is 25.1 Å². The molecule has 0 spiro atoms. The normalized spacial score (nSPS) is 10.8. The Hall–Kier alpha value is -2.75. The van der Waals surface area contributed by atoms with Gasteiger partial charge in [-0.1, -0.05) is 57.9 Å². The fraction of sp³-hybridized carbons (Fsp3) is 0.462.